The van der Waals surface area contributed by atoms with Gasteiger partial charge in [0, 0.05) is 12.8 Å². The number of aliphatic hydroxyl groups is 3. The molecule has 0 aromatic heterocycles. The number of carboxylic acids is 1. The summed E-state index contributed by atoms with van der Waals surface area (Å²) in [6, 6.07) is 0. The minimum Gasteiger partial charge on any atom is -0.481 e. The summed E-state index contributed by atoms with van der Waals surface area (Å²) in [4.78, 5) is 10.4. The molecule has 4 N–H and O–H groups in total. The summed E-state index contributed by atoms with van der Waals surface area (Å²) in [5.74, 6) is -0.854. The van der Waals surface area contributed by atoms with E-state index in [1.54, 1.807) is 24.3 Å². The van der Waals surface area contributed by atoms with Crippen molar-refractivity contribution < 1.29 is 30.0 Å². The summed E-state index contributed by atoms with van der Waals surface area (Å²) in [6.45, 7) is 2.08. The topological polar surface area (TPSA) is 107 Å². The first-order valence-electron chi connectivity index (χ1n) is 9.98. The number of aliphatic carboxylic acids is 1. The van der Waals surface area contributed by atoms with Gasteiger partial charge in [-0.15, -0.1) is 0 Å². The van der Waals surface area contributed by atoms with E-state index in [1.807, 2.05) is 12.2 Å². The van der Waals surface area contributed by atoms with Crippen molar-refractivity contribution in [3.63, 3.8) is 0 Å². The van der Waals surface area contributed by atoms with Crippen molar-refractivity contribution >= 4 is 5.97 Å². The Balaban J connectivity index is 2.34. The van der Waals surface area contributed by atoms with Crippen molar-refractivity contribution in [2.24, 2.45) is 0 Å². The second-order valence-electron chi connectivity index (χ2n) is 6.92. The van der Waals surface area contributed by atoms with E-state index in [0.29, 0.717) is 25.7 Å². The molecule has 0 radical (unpaired) electrons. The van der Waals surface area contributed by atoms with Gasteiger partial charge in [-0.05, 0) is 32.1 Å². The predicted molar refractivity (Wildman–Crippen MR) is 109 cm³/mol. The van der Waals surface area contributed by atoms with Crippen LogP contribution >= 0.6 is 0 Å². The molecule has 6 nitrogen and oxygen atoms in total. The number of allylic oxidation sites excluding steroid dienone is 4. The molecule has 0 amide bonds. The van der Waals surface area contributed by atoms with Crippen LogP contribution in [0.15, 0.2) is 48.6 Å². The normalized spacial score (nSPS) is 25.5. The Hall–Kier alpha value is -1.73. The fourth-order valence-electron chi connectivity index (χ4n) is 2.84. The van der Waals surface area contributed by atoms with E-state index in [-0.39, 0.29) is 6.42 Å². The second-order valence-corrected chi connectivity index (χ2v) is 6.92. The van der Waals surface area contributed by atoms with Gasteiger partial charge in [-0.2, -0.15) is 0 Å². The van der Waals surface area contributed by atoms with Gasteiger partial charge in [0.1, 0.15) is 6.10 Å². The summed E-state index contributed by atoms with van der Waals surface area (Å²) in [6.07, 6.45) is 15.1. The van der Waals surface area contributed by atoms with Gasteiger partial charge in [0.2, 0.25) is 0 Å². The largest absolute Gasteiger partial charge is 0.481 e. The first-order chi connectivity index (χ1) is 13.4. The highest BCUT2D eigenvalue weighted by atomic mass is 16.5. The van der Waals surface area contributed by atoms with Crippen LogP contribution < -0.4 is 0 Å². The fourth-order valence-corrected chi connectivity index (χ4v) is 2.84. The van der Waals surface area contributed by atoms with Crippen LogP contribution in [0, 0.1) is 0 Å². The first kappa shape index (κ1) is 24.3. The molecule has 0 spiro atoms. The van der Waals surface area contributed by atoms with Crippen LogP contribution in [0.2, 0.25) is 0 Å². The lowest BCUT2D eigenvalue weighted by Crippen LogP contribution is -2.25. The van der Waals surface area contributed by atoms with Crippen molar-refractivity contribution in [2.45, 2.75) is 82.4 Å². The van der Waals surface area contributed by atoms with Crippen LogP contribution in [0.25, 0.3) is 0 Å². The lowest BCUT2D eigenvalue weighted by molar-refractivity contribution is -0.136. The van der Waals surface area contributed by atoms with Gasteiger partial charge in [-0.1, -0.05) is 55.5 Å². The standard InChI is InChI=1S/C22H34O6/c1-2-3-4-5-6-8-11-17(23)14-15-20-19(25)16-21(28-20)18(24)12-9-7-10-13-22(26)27/h3-4,6-9,14-15,17-21,23-25H,2,5,10-13,16H2,1H3,(H,26,27)/b4-3-,8-6-,9-7-,15-14+/t17-,18+,19-,20-,21-/m0/s1. The Morgan fingerprint density at radius 1 is 1.11 bits per heavy atom. The summed E-state index contributed by atoms with van der Waals surface area (Å²) < 4.78 is 5.70. The Morgan fingerprint density at radius 3 is 2.54 bits per heavy atom. The molecule has 1 heterocycles. The molecule has 1 fully saturated rings. The molecule has 1 aliphatic heterocycles. The van der Waals surface area contributed by atoms with E-state index < -0.39 is 36.5 Å². The number of ether oxygens (including phenoxy) is 1. The van der Waals surface area contributed by atoms with Crippen molar-refractivity contribution in [1.82, 2.24) is 0 Å². The third-order valence-corrected chi connectivity index (χ3v) is 4.42. The third kappa shape index (κ3) is 10.6. The molecule has 1 aliphatic rings. The predicted octanol–water partition coefficient (Wildman–Crippen LogP) is 2.90. The Bertz CT molecular complexity index is 551. The number of rotatable bonds is 13. The molecule has 158 valence electrons. The molecular formula is C22H34O6. The van der Waals surface area contributed by atoms with Gasteiger partial charge in [-0.3, -0.25) is 4.79 Å². The van der Waals surface area contributed by atoms with E-state index in [0.717, 1.165) is 12.8 Å². The molecule has 0 saturated carbocycles. The van der Waals surface area contributed by atoms with Crippen molar-refractivity contribution in [1.29, 1.82) is 0 Å². The van der Waals surface area contributed by atoms with E-state index in [1.165, 1.54) is 0 Å². The van der Waals surface area contributed by atoms with Crippen LogP contribution in [0.1, 0.15) is 51.9 Å². The molecule has 0 aromatic rings. The molecule has 1 rings (SSSR count). The molecule has 0 aromatic carbocycles. The number of hydrogen-bond donors (Lipinski definition) is 4. The van der Waals surface area contributed by atoms with E-state index >= 15 is 0 Å². The lowest BCUT2D eigenvalue weighted by atomic mass is 10.0. The zero-order valence-electron chi connectivity index (χ0n) is 16.6. The number of carbonyl (C=O) groups is 1. The van der Waals surface area contributed by atoms with Gasteiger partial charge >= 0.3 is 5.97 Å². The zero-order chi connectivity index (χ0) is 20.8. The quantitative estimate of drug-likeness (QED) is 0.358. The van der Waals surface area contributed by atoms with Crippen LogP contribution in [-0.2, 0) is 9.53 Å². The zero-order valence-corrected chi connectivity index (χ0v) is 16.6. The molecule has 1 saturated heterocycles. The molecule has 0 bridgehead atoms. The van der Waals surface area contributed by atoms with Crippen molar-refractivity contribution in [3.05, 3.63) is 48.6 Å². The first-order valence-corrected chi connectivity index (χ1v) is 9.98. The molecule has 0 unspecified atom stereocenters. The van der Waals surface area contributed by atoms with Crippen LogP contribution in [0.3, 0.4) is 0 Å². The molecular weight excluding hydrogens is 360 g/mol. The highest BCUT2D eigenvalue weighted by molar-refractivity contribution is 5.66. The highest BCUT2D eigenvalue weighted by Gasteiger charge is 2.35. The van der Waals surface area contributed by atoms with E-state index in [9.17, 15) is 20.1 Å². The van der Waals surface area contributed by atoms with Gasteiger partial charge in [0.25, 0.3) is 0 Å². The van der Waals surface area contributed by atoms with Crippen molar-refractivity contribution in [2.75, 3.05) is 0 Å². The van der Waals surface area contributed by atoms with Crippen LogP contribution in [-0.4, -0.2) is 56.9 Å². The minimum absolute atomic E-state index is 0.0606. The Labute approximate surface area is 167 Å². The molecule has 0 aliphatic carbocycles. The van der Waals surface area contributed by atoms with E-state index in [2.05, 4.69) is 19.1 Å². The maximum Gasteiger partial charge on any atom is 0.303 e. The van der Waals surface area contributed by atoms with Crippen LogP contribution in [0.4, 0.5) is 0 Å². The van der Waals surface area contributed by atoms with Crippen molar-refractivity contribution in [3.8, 4) is 0 Å². The summed E-state index contributed by atoms with van der Waals surface area (Å²) >= 11 is 0. The van der Waals surface area contributed by atoms with E-state index in [4.69, 9.17) is 9.84 Å². The monoisotopic (exact) mass is 394 g/mol. The highest BCUT2D eigenvalue weighted by Crippen LogP contribution is 2.25. The minimum atomic E-state index is -0.854. The van der Waals surface area contributed by atoms with Gasteiger partial charge in [-0.25, -0.2) is 0 Å². The maximum atomic E-state index is 10.4. The number of aliphatic hydroxyl groups excluding tert-OH is 3. The Morgan fingerprint density at radius 2 is 1.82 bits per heavy atom. The smallest absolute Gasteiger partial charge is 0.303 e. The van der Waals surface area contributed by atoms with Crippen LogP contribution in [0.5, 0.6) is 0 Å². The molecule has 6 heteroatoms. The molecule has 5 atom stereocenters. The SMILES string of the molecule is CC/C=C\C/C=C\C[C@H](O)/C=C/[C@@H]1O[C@H]([C@H](O)C/C=C\CCC(=O)O)C[C@@H]1O. The number of carboxylic acid groups (broad SMARTS) is 1. The summed E-state index contributed by atoms with van der Waals surface area (Å²) in [5, 5.41) is 38.9. The van der Waals surface area contributed by atoms with Gasteiger partial charge < -0.3 is 25.2 Å². The molecule has 28 heavy (non-hydrogen) atoms. The second kappa shape index (κ2) is 14.3. The number of hydrogen-bond acceptors (Lipinski definition) is 5. The third-order valence-electron chi connectivity index (χ3n) is 4.42. The van der Waals surface area contributed by atoms with Gasteiger partial charge in [0.05, 0.1) is 24.4 Å². The van der Waals surface area contributed by atoms with Gasteiger partial charge in [0.15, 0.2) is 0 Å². The average molecular weight is 395 g/mol. The Kier molecular flexibility index (Phi) is 12.4. The fraction of sp³-hybridized carbons (Fsp3) is 0.591. The summed E-state index contributed by atoms with van der Waals surface area (Å²) in [7, 11) is 0. The maximum absolute atomic E-state index is 10.4. The lowest BCUT2D eigenvalue weighted by Gasteiger charge is -2.16. The summed E-state index contributed by atoms with van der Waals surface area (Å²) in [5.41, 5.74) is 0. The average Bonchev–Trinajstić information content (AvgIpc) is 3.03.